The van der Waals surface area contributed by atoms with Gasteiger partial charge in [-0.3, -0.25) is 19.0 Å². The number of fused-ring (bicyclic) bond motifs is 2. The minimum atomic E-state index is -0.360. The summed E-state index contributed by atoms with van der Waals surface area (Å²) in [6, 6.07) is 14.6. The number of hydrogen-bond donors (Lipinski definition) is 2. The summed E-state index contributed by atoms with van der Waals surface area (Å²) in [6.07, 6.45) is 1.34. The van der Waals surface area contributed by atoms with Crippen molar-refractivity contribution in [2.75, 3.05) is 10.6 Å². The Morgan fingerprint density at radius 1 is 1.00 bits per heavy atom. The monoisotopic (exact) mass is 489 g/mol. The number of rotatable bonds is 5. The van der Waals surface area contributed by atoms with Crippen molar-refractivity contribution in [3.05, 3.63) is 80.7 Å². The highest BCUT2D eigenvalue weighted by Crippen LogP contribution is 2.28. The highest BCUT2D eigenvalue weighted by atomic mass is 32.1. The first kappa shape index (κ1) is 21.9. The van der Waals surface area contributed by atoms with Gasteiger partial charge in [-0.15, -0.1) is 22.7 Å². The number of carbonyl (C=O) groups excluding carboxylic acids is 2. The van der Waals surface area contributed by atoms with E-state index in [1.807, 2.05) is 37.3 Å². The van der Waals surface area contributed by atoms with Gasteiger partial charge in [-0.25, -0.2) is 9.97 Å². The lowest BCUT2D eigenvalue weighted by molar-refractivity contribution is -0.116. The fraction of sp³-hybridized carbons (Fsp3) is 0.125. The first-order valence-electron chi connectivity index (χ1n) is 10.4. The van der Waals surface area contributed by atoms with Gasteiger partial charge in [0.25, 0.3) is 11.5 Å². The van der Waals surface area contributed by atoms with Crippen molar-refractivity contribution in [1.82, 2.24) is 14.5 Å². The van der Waals surface area contributed by atoms with Crippen LogP contribution in [-0.2, 0) is 11.3 Å². The summed E-state index contributed by atoms with van der Waals surface area (Å²) in [4.78, 5) is 48.2. The van der Waals surface area contributed by atoms with Crippen molar-refractivity contribution in [2.45, 2.75) is 20.4 Å². The van der Waals surface area contributed by atoms with Crippen LogP contribution in [0.5, 0.6) is 0 Å². The summed E-state index contributed by atoms with van der Waals surface area (Å²) in [6.45, 7) is 3.46. The van der Waals surface area contributed by atoms with Gasteiger partial charge in [-0.1, -0.05) is 18.2 Å². The van der Waals surface area contributed by atoms with E-state index >= 15 is 0 Å². The molecule has 0 saturated heterocycles. The number of nitrogens with zero attached hydrogens (tertiary/aromatic N) is 3. The molecule has 0 bridgehead atoms. The maximum Gasteiger partial charge on any atom is 0.266 e. The predicted octanol–water partition coefficient (Wildman–Crippen LogP) is 4.58. The van der Waals surface area contributed by atoms with Crippen LogP contribution >= 0.6 is 22.7 Å². The Bertz CT molecular complexity index is 1620. The van der Waals surface area contributed by atoms with Crippen LogP contribution < -0.4 is 16.2 Å². The Balaban J connectivity index is 1.37. The molecular formula is C24H19N5O3S2. The van der Waals surface area contributed by atoms with Crippen LogP contribution in [0.15, 0.2) is 59.7 Å². The van der Waals surface area contributed by atoms with E-state index in [-0.39, 0.29) is 23.9 Å². The highest BCUT2D eigenvalue weighted by molar-refractivity contribution is 7.20. The molecule has 0 spiro atoms. The van der Waals surface area contributed by atoms with Crippen LogP contribution in [0.3, 0.4) is 0 Å². The lowest BCUT2D eigenvalue weighted by atomic mass is 10.2. The standard InChI is InChI=1S/C24H19N5O3S2/c1-13-20-23(34-21(13)22(31)28-15-6-4-3-5-7-15)25-12-29(24(20)32)11-19(30)27-16-8-9-17-18(10-16)33-14(2)26-17/h3-10,12H,11H2,1-2H3,(H,27,30)(H,28,31). The highest BCUT2D eigenvalue weighted by Gasteiger charge is 2.20. The van der Waals surface area contributed by atoms with Gasteiger partial charge in [-0.2, -0.15) is 0 Å². The second-order valence-electron chi connectivity index (χ2n) is 7.70. The van der Waals surface area contributed by atoms with Gasteiger partial charge in [0.05, 0.1) is 31.8 Å². The summed E-state index contributed by atoms with van der Waals surface area (Å²) >= 11 is 2.71. The van der Waals surface area contributed by atoms with Gasteiger partial charge in [-0.05, 0) is 49.7 Å². The number of thiophene rings is 1. The third-order valence-electron chi connectivity index (χ3n) is 5.25. The number of aromatic nitrogens is 3. The molecule has 170 valence electrons. The number of aryl methyl sites for hydroxylation is 2. The molecule has 5 rings (SSSR count). The molecule has 10 heteroatoms. The van der Waals surface area contributed by atoms with E-state index in [9.17, 15) is 14.4 Å². The van der Waals surface area contributed by atoms with Crippen LogP contribution in [0.1, 0.15) is 20.2 Å². The topological polar surface area (TPSA) is 106 Å². The zero-order chi connectivity index (χ0) is 23.8. The molecule has 8 nitrogen and oxygen atoms in total. The van der Waals surface area contributed by atoms with E-state index in [0.29, 0.717) is 32.0 Å². The third-order valence-corrected chi connectivity index (χ3v) is 7.38. The lowest BCUT2D eigenvalue weighted by Gasteiger charge is -2.07. The predicted molar refractivity (Wildman–Crippen MR) is 136 cm³/mol. The number of carbonyl (C=O) groups is 2. The van der Waals surface area contributed by atoms with E-state index in [1.165, 1.54) is 10.9 Å². The average molecular weight is 490 g/mol. The molecule has 0 aliphatic heterocycles. The Labute approximate surface area is 201 Å². The van der Waals surface area contributed by atoms with Gasteiger partial charge in [0.2, 0.25) is 5.91 Å². The fourth-order valence-corrected chi connectivity index (χ4v) is 5.57. The summed E-state index contributed by atoms with van der Waals surface area (Å²) in [5, 5.41) is 6.96. The van der Waals surface area contributed by atoms with Gasteiger partial charge in [0.1, 0.15) is 11.4 Å². The average Bonchev–Trinajstić information content (AvgIpc) is 3.35. The van der Waals surface area contributed by atoms with Crippen LogP contribution in [0.4, 0.5) is 11.4 Å². The Hall–Kier alpha value is -3.89. The fourth-order valence-electron chi connectivity index (χ4n) is 3.67. The maximum atomic E-state index is 13.1. The molecule has 0 atom stereocenters. The quantitative estimate of drug-likeness (QED) is 0.376. The summed E-state index contributed by atoms with van der Waals surface area (Å²) in [5.41, 5.74) is 2.37. The molecule has 2 aromatic carbocycles. The number of anilines is 2. The van der Waals surface area contributed by atoms with Gasteiger partial charge >= 0.3 is 0 Å². The number of para-hydroxylation sites is 1. The van der Waals surface area contributed by atoms with Gasteiger partial charge in [0.15, 0.2) is 0 Å². The van der Waals surface area contributed by atoms with E-state index < -0.39 is 0 Å². The van der Waals surface area contributed by atoms with Crippen LogP contribution in [-0.4, -0.2) is 26.3 Å². The summed E-state index contributed by atoms with van der Waals surface area (Å²) < 4.78 is 2.23. The number of benzene rings is 2. The molecule has 0 unspecified atom stereocenters. The third kappa shape index (κ3) is 4.20. The SMILES string of the molecule is Cc1nc2ccc(NC(=O)Cn3cnc4sc(C(=O)Nc5ccccc5)c(C)c4c3=O)cc2s1. The second kappa shape index (κ2) is 8.81. The van der Waals surface area contributed by atoms with Crippen molar-refractivity contribution < 1.29 is 9.59 Å². The summed E-state index contributed by atoms with van der Waals surface area (Å²) in [5.74, 6) is -0.650. The molecule has 34 heavy (non-hydrogen) atoms. The zero-order valence-corrected chi connectivity index (χ0v) is 19.9. The number of nitrogens with one attached hydrogen (secondary N) is 2. The summed E-state index contributed by atoms with van der Waals surface area (Å²) in [7, 11) is 0. The first-order chi connectivity index (χ1) is 16.4. The van der Waals surface area contributed by atoms with Crippen LogP contribution in [0.25, 0.3) is 20.4 Å². The maximum absolute atomic E-state index is 13.1. The van der Waals surface area contributed by atoms with E-state index in [0.717, 1.165) is 26.6 Å². The molecule has 0 aliphatic carbocycles. The van der Waals surface area contributed by atoms with Crippen molar-refractivity contribution in [1.29, 1.82) is 0 Å². The minimum Gasteiger partial charge on any atom is -0.324 e. The molecule has 3 heterocycles. The van der Waals surface area contributed by atoms with E-state index in [4.69, 9.17) is 0 Å². The van der Waals surface area contributed by atoms with Crippen molar-refractivity contribution in [3.63, 3.8) is 0 Å². The second-order valence-corrected chi connectivity index (χ2v) is 9.93. The molecule has 0 fully saturated rings. The molecule has 5 aromatic rings. The number of amides is 2. The smallest absolute Gasteiger partial charge is 0.266 e. The van der Waals surface area contributed by atoms with Crippen molar-refractivity contribution >= 4 is 66.3 Å². The normalized spacial score (nSPS) is 11.1. The van der Waals surface area contributed by atoms with Crippen molar-refractivity contribution in [3.8, 4) is 0 Å². The van der Waals surface area contributed by atoms with Crippen molar-refractivity contribution in [2.24, 2.45) is 0 Å². The molecule has 3 aromatic heterocycles. The molecule has 0 aliphatic rings. The zero-order valence-electron chi connectivity index (χ0n) is 18.3. The van der Waals surface area contributed by atoms with Crippen LogP contribution in [0, 0.1) is 13.8 Å². The van der Waals surface area contributed by atoms with Crippen LogP contribution in [0.2, 0.25) is 0 Å². The van der Waals surface area contributed by atoms with E-state index in [1.54, 1.807) is 36.5 Å². The molecule has 0 saturated carbocycles. The van der Waals surface area contributed by atoms with Gasteiger partial charge < -0.3 is 10.6 Å². The van der Waals surface area contributed by atoms with E-state index in [2.05, 4.69) is 20.6 Å². The minimum absolute atomic E-state index is 0.192. The lowest BCUT2D eigenvalue weighted by Crippen LogP contribution is -2.27. The Morgan fingerprint density at radius 2 is 1.79 bits per heavy atom. The largest absolute Gasteiger partial charge is 0.324 e. The Morgan fingerprint density at radius 3 is 2.59 bits per heavy atom. The molecule has 2 amide bonds. The molecule has 0 radical (unpaired) electrons. The Kier molecular flexibility index (Phi) is 5.68. The first-order valence-corrected chi connectivity index (χ1v) is 12.0. The van der Waals surface area contributed by atoms with Gasteiger partial charge in [0, 0.05) is 11.4 Å². The molecular weight excluding hydrogens is 470 g/mol. The number of thiazole rings is 1. The molecule has 2 N–H and O–H groups in total. The number of hydrogen-bond acceptors (Lipinski definition) is 7.